The SMILES string of the molecule is CCN(CC)C(=O)c1ccccc1NCC(=O)Nc1ccc(Br)cc1. The topological polar surface area (TPSA) is 61.4 Å². The van der Waals surface area contributed by atoms with Crippen LogP contribution in [0.2, 0.25) is 0 Å². The maximum absolute atomic E-state index is 12.6. The summed E-state index contributed by atoms with van der Waals surface area (Å²) in [5.41, 5.74) is 1.95. The van der Waals surface area contributed by atoms with Crippen LogP contribution in [-0.2, 0) is 4.79 Å². The molecule has 2 N–H and O–H groups in total. The molecule has 2 rings (SSSR count). The molecule has 0 saturated carbocycles. The number of carbonyl (C=O) groups excluding carboxylic acids is 2. The summed E-state index contributed by atoms with van der Waals surface area (Å²) in [6, 6.07) is 14.6. The second-order valence-electron chi connectivity index (χ2n) is 5.43. The lowest BCUT2D eigenvalue weighted by Crippen LogP contribution is -2.31. The van der Waals surface area contributed by atoms with E-state index in [1.54, 1.807) is 11.0 Å². The maximum atomic E-state index is 12.6. The Hall–Kier alpha value is -2.34. The van der Waals surface area contributed by atoms with Crippen molar-refractivity contribution in [2.45, 2.75) is 13.8 Å². The van der Waals surface area contributed by atoms with Gasteiger partial charge in [0.1, 0.15) is 0 Å². The molecule has 0 heterocycles. The third-order valence-electron chi connectivity index (χ3n) is 3.78. The van der Waals surface area contributed by atoms with Crippen molar-refractivity contribution in [2.24, 2.45) is 0 Å². The average molecular weight is 404 g/mol. The quantitative estimate of drug-likeness (QED) is 0.734. The molecule has 0 saturated heterocycles. The van der Waals surface area contributed by atoms with Gasteiger partial charge in [0.25, 0.3) is 5.91 Å². The minimum Gasteiger partial charge on any atom is -0.376 e. The molecule has 0 aliphatic heterocycles. The van der Waals surface area contributed by atoms with E-state index in [0.717, 1.165) is 10.2 Å². The number of halogens is 1. The molecule has 2 aromatic rings. The number of hydrogen-bond acceptors (Lipinski definition) is 3. The first-order valence-electron chi connectivity index (χ1n) is 8.22. The summed E-state index contributed by atoms with van der Waals surface area (Å²) in [6.07, 6.45) is 0. The second-order valence-corrected chi connectivity index (χ2v) is 6.35. The van der Waals surface area contributed by atoms with Gasteiger partial charge in [0, 0.05) is 28.9 Å². The number of carbonyl (C=O) groups is 2. The number of para-hydroxylation sites is 1. The number of nitrogens with one attached hydrogen (secondary N) is 2. The largest absolute Gasteiger partial charge is 0.376 e. The molecular formula is C19H22BrN3O2. The Morgan fingerprint density at radius 2 is 1.64 bits per heavy atom. The minimum atomic E-state index is -0.174. The van der Waals surface area contributed by atoms with Gasteiger partial charge in [0.2, 0.25) is 5.91 Å². The molecule has 0 atom stereocenters. The van der Waals surface area contributed by atoms with Gasteiger partial charge >= 0.3 is 0 Å². The fourth-order valence-corrected chi connectivity index (χ4v) is 2.68. The monoisotopic (exact) mass is 403 g/mol. The van der Waals surface area contributed by atoms with E-state index in [2.05, 4.69) is 26.6 Å². The average Bonchev–Trinajstić information content (AvgIpc) is 2.63. The maximum Gasteiger partial charge on any atom is 0.255 e. The van der Waals surface area contributed by atoms with Crippen molar-refractivity contribution in [3.8, 4) is 0 Å². The molecular weight excluding hydrogens is 382 g/mol. The number of anilines is 2. The Morgan fingerprint density at radius 1 is 1.00 bits per heavy atom. The lowest BCUT2D eigenvalue weighted by molar-refractivity contribution is -0.114. The Kier molecular flexibility index (Phi) is 7.01. The van der Waals surface area contributed by atoms with Gasteiger partial charge in [0.15, 0.2) is 0 Å². The van der Waals surface area contributed by atoms with Gasteiger partial charge in [-0.05, 0) is 50.2 Å². The molecule has 25 heavy (non-hydrogen) atoms. The van der Waals surface area contributed by atoms with Gasteiger partial charge in [-0.2, -0.15) is 0 Å². The molecule has 6 heteroatoms. The zero-order valence-corrected chi connectivity index (χ0v) is 16.0. The highest BCUT2D eigenvalue weighted by molar-refractivity contribution is 9.10. The lowest BCUT2D eigenvalue weighted by Gasteiger charge is -2.20. The smallest absolute Gasteiger partial charge is 0.255 e. The van der Waals surface area contributed by atoms with Gasteiger partial charge in [-0.25, -0.2) is 0 Å². The van der Waals surface area contributed by atoms with Crippen molar-refractivity contribution in [3.05, 3.63) is 58.6 Å². The molecule has 0 unspecified atom stereocenters. The first kappa shape index (κ1) is 19.0. The van der Waals surface area contributed by atoms with Crippen LogP contribution in [0.4, 0.5) is 11.4 Å². The van der Waals surface area contributed by atoms with Crippen LogP contribution >= 0.6 is 15.9 Å². The molecule has 0 fully saturated rings. The fourth-order valence-electron chi connectivity index (χ4n) is 2.42. The first-order chi connectivity index (χ1) is 12.0. The number of benzene rings is 2. The number of nitrogens with zero attached hydrogens (tertiary/aromatic N) is 1. The van der Waals surface area contributed by atoms with Crippen LogP contribution < -0.4 is 10.6 Å². The van der Waals surface area contributed by atoms with E-state index in [9.17, 15) is 9.59 Å². The van der Waals surface area contributed by atoms with Crippen molar-refractivity contribution >= 4 is 39.1 Å². The van der Waals surface area contributed by atoms with Crippen molar-refractivity contribution in [3.63, 3.8) is 0 Å². The van der Waals surface area contributed by atoms with E-state index in [-0.39, 0.29) is 18.4 Å². The predicted octanol–water partition coefficient (Wildman–Crippen LogP) is 3.98. The normalized spacial score (nSPS) is 10.2. The van der Waals surface area contributed by atoms with Gasteiger partial charge in [-0.3, -0.25) is 9.59 Å². The summed E-state index contributed by atoms with van der Waals surface area (Å²) in [5, 5.41) is 5.88. The van der Waals surface area contributed by atoms with Gasteiger partial charge in [0.05, 0.1) is 12.1 Å². The van der Waals surface area contributed by atoms with E-state index >= 15 is 0 Å². The van der Waals surface area contributed by atoms with Crippen LogP contribution in [0, 0.1) is 0 Å². The molecule has 0 aliphatic rings. The van der Waals surface area contributed by atoms with Crippen LogP contribution in [0.25, 0.3) is 0 Å². The van der Waals surface area contributed by atoms with Crippen LogP contribution in [0.3, 0.4) is 0 Å². The van der Waals surface area contributed by atoms with Gasteiger partial charge < -0.3 is 15.5 Å². The second kappa shape index (κ2) is 9.22. The minimum absolute atomic E-state index is 0.0404. The lowest BCUT2D eigenvalue weighted by atomic mass is 10.1. The highest BCUT2D eigenvalue weighted by Crippen LogP contribution is 2.18. The third-order valence-corrected chi connectivity index (χ3v) is 4.30. The number of hydrogen-bond donors (Lipinski definition) is 2. The Bertz CT molecular complexity index is 728. The van der Waals surface area contributed by atoms with E-state index in [1.807, 2.05) is 56.3 Å². The summed E-state index contributed by atoms with van der Waals surface area (Å²) in [5.74, 6) is -0.214. The third kappa shape index (κ3) is 5.32. The molecule has 0 bridgehead atoms. The fraction of sp³-hybridized carbons (Fsp3) is 0.263. The number of rotatable bonds is 7. The Morgan fingerprint density at radius 3 is 2.28 bits per heavy atom. The van der Waals surface area contributed by atoms with Crippen molar-refractivity contribution in [1.82, 2.24) is 4.90 Å². The molecule has 0 spiro atoms. The Balaban J connectivity index is 2.02. The molecule has 0 aliphatic carbocycles. The summed E-state index contributed by atoms with van der Waals surface area (Å²) >= 11 is 3.36. The zero-order chi connectivity index (χ0) is 18.2. The van der Waals surface area contributed by atoms with E-state index in [4.69, 9.17) is 0 Å². The molecule has 0 radical (unpaired) electrons. The van der Waals surface area contributed by atoms with E-state index < -0.39 is 0 Å². The standard InChI is InChI=1S/C19H22BrN3O2/c1-3-23(4-2)19(25)16-7-5-6-8-17(16)21-13-18(24)22-15-11-9-14(20)10-12-15/h5-12,21H,3-4,13H2,1-2H3,(H,22,24). The van der Waals surface area contributed by atoms with Crippen molar-refractivity contribution in [1.29, 1.82) is 0 Å². The predicted molar refractivity (Wildman–Crippen MR) is 105 cm³/mol. The molecule has 5 nitrogen and oxygen atoms in total. The van der Waals surface area contributed by atoms with E-state index in [1.165, 1.54) is 0 Å². The summed E-state index contributed by atoms with van der Waals surface area (Å²) < 4.78 is 0.951. The van der Waals surface area contributed by atoms with Gasteiger partial charge in [-0.15, -0.1) is 0 Å². The highest BCUT2D eigenvalue weighted by atomic mass is 79.9. The van der Waals surface area contributed by atoms with Gasteiger partial charge in [-0.1, -0.05) is 28.1 Å². The number of amides is 2. The van der Waals surface area contributed by atoms with Crippen molar-refractivity contribution < 1.29 is 9.59 Å². The van der Waals surface area contributed by atoms with E-state index in [0.29, 0.717) is 24.3 Å². The van der Waals surface area contributed by atoms with Crippen LogP contribution in [0.15, 0.2) is 53.0 Å². The molecule has 2 aromatic carbocycles. The summed E-state index contributed by atoms with van der Waals surface area (Å²) in [7, 11) is 0. The summed E-state index contributed by atoms with van der Waals surface area (Å²) in [4.78, 5) is 26.4. The van der Waals surface area contributed by atoms with Crippen LogP contribution in [0.5, 0.6) is 0 Å². The summed E-state index contributed by atoms with van der Waals surface area (Å²) in [6.45, 7) is 5.27. The first-order valence-corrected chi connectivity index (χ1v) is 9.02. The zero-order valence-electron chi connectivity index (χ0n) is 14.4. The van der Waals surface area contributed by atoms with Crippen LogP contribution in [0.1, 0.15) is 24.2 Å². The van der Waals surface area contributed by atoms with Crippen molar-refractivity contribution in [2.75, 3.05) is 30.3 Å². The highest BCUT2D eigenvalue weighted by Gasteiger charge is 2.16. The molecule has 0 aromatic heterocycles. The van der Waals surface area contributed by atoms with Crippen LogP contribution in [-0.4, -0.2) is 36.3 Å². The molecule has 132 valence electrons. The Labute approximate surface area is 156 Å². The molecule has 2 amide bonds.